The third kappa shape index (κ3) is 4.80. The van der Waals surface area contributed by atoms with E-state index in [1.54, 1.807) is 42.5 Å². The maximum atomic E-state index is 13.1. The highest BCUT2D eigenvalue weighted by Gasteiger charge is 2.14. The van der Waals surface area contributed by atoms with Gasteiger partial charge >= 0.3 is 0 Å². The number of hydrogen-bond donors (Lipinski definition) is 1. The Balaban J connectivity index is 1.60. The summed E-state index contributed by atoms with van der Waals surface area (Å²) in [4.78, 5) is 12.7. The molecule has 7 heteroatoms. The number of carbonyl (C=O) groups excluding carboxylic acids is 1. The van der Waals surface area contributed by atoms with Crippen molar-refractivity contribution in [3.05, 3.63) is 88.6 Å². The van der Waals surface area contributed by atoms with Gasteiger partial charge < -0.3 is 9.73 Å². The predicted molar refractivity (Wildman–Crippen MR) is 97.8 cm³/mol. The van der Waals surface area contributed by atoms with Gasteiger partial charge in [-0.3, -0.25) is 9.00 Å². The highest BCUT2D eigenvalue weighted by molar-refractivity contribution is 7.84. The van der Waals surface area contributed by atoms with Crippen LogP contribution in [0.4, 0.5) is 4.39 Å². The summed E-state index contributed by atoms with van der Waals surface area (Å²) in [5.74, 6) is -0.106. The minimum Gasteiger partial charge on any atom is -0.455 e. The van der Waals surface area contributed by atoms with Crippen LogP contribution >= 0.6 is 11.6 Å². The van der Waals surface area contributed by atoms with Crippen LogP contribution in [0.15, 0.2) is 70.0 Å². The van der Waals surface area contributed by atoms with E-state index in [0.29, 0.717) is 21.2 Å². The molecule has 0 aliphatic heterocycles. The van der Waals surface area contributed by atoms with E-state index in [1.165, 1.54) is 18.2 Å². The first kappa shape index (κ1) is 18.4. The van der Waals surface area contributed by atoms with Crippen molar-refractivity contribution >= 4 is 28.3 Å². The van der Waals surface area contributed by atoms with Gasteiger partial charge in [0, 0.05) is 16.5 Å². The highest BCUT2D eigenvalue weighted by atomic mass is 35.5. The van der Waals surface area contributed by atoms with E-state index < -0.39 is 16.7 Å². The molecule has 1 heterocycles. The van der Waals surface area contributed by atoms with E-state index in [-0.39, 0.29) is 23.9 Å². The van der Waals surface area contributed by atoms with Crippen LogP contribution < -0.4 is 5.32 Å². The molecule has 1 N–H and O–H groups in total. The first-order valence-corrected chi connectivity index (χ1v) is 9.46. The van der Waals surface area contributed by atoms with Gasteiger partial charge in [0.05, 0.1) is 16.6 Å². The molecule has 0 aliphatic rings. The largest absolute Gasteiger partial charge is 0.455 e. The quantitative estimate of drug-likeness (QED) is 0.681. The van der Waals surface area contributed by atoms with Crippen molar-refractivity contribution in [3.8, 4) is 0 Å². The molecule has 0 fully saturated rings. The molecular weight excluding hydrogens is 377 g/mol. The minimum absolute atomic E-state index is 0.111. The van der Waals surface area contributed by atoms with Gasteiger partial charge in [0.15, 0.2) is 5.76 Å². The highest BCUT2D eigenvalue weighted by Crippen LogP contribution is 2.18. The number of halogens is 2. The average molecular weight is 392 g/mol. The molecule has 0 saturated heterocycles. The zero-order valence-electron chi connectivity index (χ0n) is 13.6. The molecule has 1 atom stereocenters. The molecule has 1 unspecified atom stereocenters. The topological polar surface area (TPSA) is 59.3 Å². The van der Waals surface area contributed by atoms with Gasteiger partial charge in [-0.1, -0.05) is 29.8 Å². The van der Waals surface area contributed by atoms with E-state index in [1.807, 2.05) is 0 Å². The Kier molecular flexibility index (Phi) is 5.85. The maximum Gasteiger partial charge on any atom is 0.287 e. The fourth-order valence-corrected chi connectivity index (χ4v) is 3.64. The Hall–Kier alpha value is -2.44. The van der Waals surface area contributed by atoms with E-state index in [0.717, 1.165) is 0 Å². The molecule has 0 radical (unpaired) electrons. The summed E-state index contributed by atoms with van der Waals surface area (Å²) in [6.45, 7) is 0.182. The van der Waals surface area contributed by atoms with Gasteiger partial charge in [-0.2, -0.15) is 0 Å². The molecule has 1 aromatic heterocycles. The van der Waals surface area contributed by atoms with Crippen LogP contribution in [0.3, 0.4) is 0 Å². The fraction of sp³-hybridized carbons (Fsp3) is 0.105. The summed E-state index contributed by atoms with van der Waals surface area (Å²) >= 11 is 5.90. The van der Waals surface area contributed by atoms with Gasteiger partial charge in [0.25, 0.3) is 5.91 Å². The summed E-state index contributed by atoms with van der Waals surface area (Å²) in [6, 6.07) is 15.9. The standard InChI is InChI=1S/C19H15ClFNO3S/c20-14-4-2-6-17(10-14)26(24)12-16-7-8-18(25-16)19(23)22-11-13-3-1-5-15(21)9-13/h1-10H,11-12H2,(H,22,23). The smallest absolute Gasteiger partial charge is 0.287 e. The number of nitrogens with one attached hydrogen (secondary N) is 1. The molecule has 4 nitrogen and oxygen atoms in total. The Morgan fingerprint density at radius 1 is 1.12 bits per heavy atom. The lowest BCUT2D eigenvalue weighted by Crippen LogP contribution is -2.22. The third-order valence-electron chi connectivity index (χ3n) is 3.56. The number of benzene rings is 2. The van der Waals surface area contributed by atoms with Crippen LogP contribution in [0.5, 0.6) is 0 Å². The summed E-state index contributed by atoms with van der Waals surface area (Å²) in [6.07, 6.45) is 0. The van der Waals surface area contributed by atoms with Crippen LogP contribution in [-0.2, 0) is 23.1 Å². The first-order valence-electron chi connectivity index (χ1n) is 7.76. The first-order chi connectivity index (χ1) is 12.5. The molecule has 0 aliphatic carbocycles. The summed E-state index contributed by atoms with van der Waals surface area (Å²) in [5.41, 5.74) is 0.646. The van der Waals surface area contributed by atoms with Gasteiger partial charge in [-0.25, -0.2) is 4.39 Å². The van der Waals surface area contributed by atoms with Crippen LogP contribution in [0, 0.1) is 5.82 Å². The van der Waals surface area contributed by atoms with Gasteiger partial charge in [-0.05, 0) is 48.0 Å². The Morgan fingerprint density at radius 2 is 1.92 bits per heavy atom. The number of rotatable bonds is 6. The summed E-state index contributed by atoms with van der Waals surface area (Å²) in [7, 11) is -1.33. The second-order valence-electron chi connectivity index (χ2n) is 5.53. The van der Waals surface area contributed by atoms with Gasteiger partial charge in [-0.15, -0.1) is 0 Å². The lowest BCUT2D eigenvalue weighted by Gasteiger charge is -2.04. The Bertz CT molecular complexity index is 957. The molecule has 1 amide bonds. The van der Waals surface area contributed by atoms with Crippen molar-refractivity contribution in [1.82, 2.24) is 5.32 Å². The van der Waals surface area contributed by atoms with E-state index in [2.05, 4.69) is 5.32 Å². The van der Waals surface area contributed by atoms with E-state index >= 15 is 0 Å². The van der Waals surface area contributed by atoms with Gasteiger partial charge in [0.1, 0.15) is 11.6 Å². The number of amides is 1. The van der Waals surface area contributed by atoms with E-state index in [4.69, 9.17) is 16.0 Å². The van der Waals surface area contributed by atoms with Crippen molar-refractivity contribution in [2.75, 3.05) is 0 Å². The van der Waals surface area contributed by atoms with Crippen LogP contribution in [0.25, 0.3) is 0 Å². The molecule has 0 bridgehead atoms. The molecule has 2 aromatic carbocycles. The van der Waals surface area contributed by atoms with Crippen LogP contribution in [-0.4, -0.2) is 10.1 Å². The second kappa shape index (κ2) is 8.29. The monoisotopic (exact) mass is 391 g/mol. The molecule has 0 saturated carbocycles. The van der Waals surface area contributed by atoms with Crippen molar-refractivity contribution in [2.45, 2.75) is 17.2 Å². The Labute approximate surface area is 157 Å². The maximum absolute atomic E-state index is 13.1. The number of carbonyl (C=O) groups is 1. The summed E-state index contributed by atoms with van der Waals surface area (Å²) < 4.78 is 30.9. The Morgan fingerprint density at radius 3 is 2.69 bits per heavy atom. The van der Waals surface area contributed by atoms with Crippen molar-refractivity contribution in [2.24, 2.45) is 0 Å². The van der Waals surface area contributed by atoms with Crippen molar-refractivity contribution < 1.29 is 17.8 Å². The number of furan rings is 1. The van der Waals surface area contributed by atoms with Crippen molar-refractivity contribution in [1.29, 1.82) is 0 Å². The SMILES string of the molecule is O=C(NCc1cccc(F)c1)c1ccc(CS(=O)c2cccc(Cl)c2)o1. The van der Waals surface area contributed by atoms with Gasteiger partial charge in [0.2, 0.25) is 0 Å². The third-order valence-corrected chi connectivity index (χ3v) is 5.12. The zero-order valence-corrected chi connectivity index (χ0v) is 15.1. The minimum atomic E-state index is -1.33. The molecule has 134 valence electrons. The zero-order chi connectivity index (χ0) is 18.5. The fourth-order valence-electron chi connectivity index (χ4n) is 2.32. The summed E-state index contributed by atoms with van der Waals surface area (Å²) in [5, 5.41) is 3.16. The predicted octanol–water partition coefficient (Wildman–Crippen LogP) is 4.31. The average Bonchev–Trinajstić information content (AvgIpc) is 3.08. The molecule has 0 spiro atoms. The number of hydrogen-bond acceptors (Lipinski definition) is 3. The normalized spacial score (nSPS) is 11.9. The molecule has 26 heavy (non-hydrogen) atoms. The lowest BCUT2D eigenvalue weighted by molar-refractivity contribution is 0.0921. The van der Waals surface area contributed by atoms with Crippen LogP contribution in [0.2, 0.25) is 5.02 Å². The second-order valence-corrected chi connectivity index (χ2v) is 7.41. The lowest BCUT2D eigenvalue weighted by atomic mass is 10.2. The molecule has 3 rings (SSSR count). The van der Waals surface area contributed by atoms with Crippen LogP contribution in [0.1, 0.15) is 21.9 Å². The molecule has 3 aromatic rings. The van der Waals surface area contributed by atoms with E-state index in [9.17, 15) is 13.4 Å². The van der Waals surface area contributed by atoms with Crippen molar-refractivity contribution in [3.63, 3.8) is 0 Å². The molecular formula is C19H15ClFNO3S.